The summed E-state index contributed by atoms with van der Waals surface area (Å²) in [4.78, 5) is 29.0. The van der Waals surface area contributed by atoms with Gasteiger partial charge in [-0.15, -0.1) is 15.0 Å². The van der Waals surface area contributed by atoms with E-state index in [2.05, 4.69) is 15.4 Å². The highest BCUT2D eigenvalue weighted by atomic mass is 16.5. The zero-order chi connectivity index (χ0) is 23.4. The van der Waals surface area contributed by atoms with Crippen molar-refractivity contribution in [2.45, 2.75) is 31.9 Å². The van der Waals surface area contributed by atoms with Gasteiger partial charge in [0, 0.05) is 6.04 Å². The zero-order valence-corrected chi connectivity index (χ0v) is 18.7. The van der Waals surface area contributed by atoms with Crippen molar-refractivity contribution >= 4 is 11.9 Å². The van der Waals surface area contributed by atoms with Gasteiger partial charge < -0.3 is 19.1 Å². The largest absolute Gasteiger partial charge is 0.496 e. The van der Waals surface area contributed by atoms with Crippen molar-refractivity contribution in [3.05, 3.63) is 59.9 Å². The van der Waals surface area contributed by atoms with Crippen molar-refractivity contribution in [1.82, 2.24) is 25.1 Å². The number of amides is 1. The second-order valence-electron chi connectivity index (χ2n) is 7.69. The minimum atomic E-state index is -0.547. The Morgan fingerprint density at radius 2 is 1.82 bits per heavy atom. The van der Waals surface area contributed by atoms with Crippen molar-refractivity contribution in [2.75, 3.05) is 20.8 Å². The summed E-state index contributed by atoms with van der Waals surface area (Å²) < 4.78 is 16.4. The predicted molar refractivity (Wildman–Crippen MR) is 118 cm³/mol. The second-order valence-corrected chi connectivity index (χ2v) is 7.69. The van der Waals surface area contributed by atoms with E-state index in [4.69, 9.17) is 14.2 Å². The van der Waals surface area contributed by atoms with Crippen molar-refractivity contribution in [3.8, 4) is 17.2 Å². The molecular formula is C23H25N5O5. The van der Waals surface area contributed by atoms with Crippen LogP contribution in [-0.4, -0.2) is 69.9 Å². The predicted octanol–water partition coefficient (Wildman–Crippen LogP) is 2.53. The number of carbonyl (C=O) groups is 2. The molecule has 1 amide bonds. The molecule has 1 fully saturated rings. The average Bonchev–Trinajstić information content (AvgIpc) is 3.39. The average molecular weight is 451 g/mol. The minimum absolute atomic E-state index is 0.0134. The van der Waals surface area contributed by atoms with Crippen molar-refractivity contribution < 1.29 is 23.8 Å². The zero-order valence-electron chi connectivity index (χ0n) is 18.7. The molecule has 2 aromatic carbocycles. The van der Waals surface area contributed by atoms with E-state index < -0.39 is 5.97 Å². The number of hydrogen-bond donors (Lipinski definition) is 0. The highest BCUT2D eigenvalue weighted by Crippen LogP contribution is 2.32. The number of methoxy groups -OCH3 is 2. The van der Waals surface area contributed by atoms with Crippen LogP contribution in [0.25, 0.3) is 5.69 Å². The Hall–Kier alpha value is -3.95. The summed E-state index contributed by atoms with van der Waals surface area (Å²) in [5.74, 6) is 0.0300. The van der Waals surface area contributed by atoms with Crippen molar-refractivity contribution in [3.63, 3.8) is 0 Å². The summed E-state index contributed by atoms with van der Waals surface area (Å²) in [6, 6.07) is 12.3. The molecule has 10 heteroatoms. The third-order valence-electron chi connectivity index (χ3n) is 5.69. The third-order valence-corrected chi connectivity index (χ3v) is 5.69. The third kappa shape index (κ3) is 4.50. The molecule has 4 rings (SSSR count). The molecule has 0 saturated carbocycles. The van der Waals surface area contributed by atoms with Crippen LogP contribution in [0.2, 0.25) is 0 Å². The number of tetrazole rings is 1. The number of para-hydroxylation sites is 1. The molecule has 0 aliphatic carbocycles. The first-order chi connectivity index (χ1) is 16.0. The Morgan fingerprint density at radius 1 is 1.03 bits per heavy atom. The molecule has 172 valence electrons. The Labute approximate surface area is 191 Å². The summed E-state index contributed by atoms with van der Waals surface area (Å²) in [6.07, 6.45) is 2.49. The van der Waals surface area contributed by atoms with Crippen LogP contribution < -0.4 is 9.47 Å². The summed E-state index contributed by atoms with van der Waals surface area (Å²) in [7, 11) is 2.79. The van der Waals surface area contributed by atoms with Gasteiger partial charge in [0.1, 0.15) is 28.9 Å². The first-order valence-corrected chi connectivity index (χ1v) is 10.6. The van der Waals surface area contributed by atoms with E-state index in [0.717, 1.165) is 12.8 Å². The Morgan fingerprint density at radius 3 is 2.55 bits per heavy atom. The molecule has 0 radical (unpaired) electrons. The Kier molecular flexibility index (Phi) is 6.53. The molecule has 2 atom stereocenters. The van der Waals surface area contributed by atoms with Crippen molar-refractivity contribution in [2.24, 2.45) is 0 Å². The lowest BCUT2D eigenvalue weighted by Gasteiger charge is -2.38. The maximum absolute atomic E-state index is 13.5. The summed E-state index contributed by atoms with van der Waals surface area (Å²) in [5.41, 5.74) is 1.25. The highest BCUT2D eigenvalue weighted by Gasteiger charge is 2.33. The van der Waals surface area contributed by atoms with Gasteiger partial charge in [-0.25, -0.2) is 4.79 Å². The van der Waals surface area contributed by atoms with Crippen LogP contribution in [0.15, 0.2) is 48.8 Å². The first-order valence-electron chi connectivity index (χ1n) is 10.6. The van der Waals surface area contributed by atoms with Crippen LogP contribution in [0.3, 0.4) is 0 Å². The number of ether oxygens (including phenoxy) is 3. The van der Waals surface area contributed by atoms with Crippen LogP contribution in [0.4, 0.5) is 0 Å². The fourth-order valence-electron chi connectivity index (χ4n) is 3.98. The van der Waals surface area contributed by atoms with Gasteiger partial charge in [0.05, 0.1) is 26.3 Å². The summed E-state index contributed by atoms with van der Waals surface area (Å²) in [6.45, 7) is 2.37. The molecule has 0 unspecified atom stereocenters. The molecule has 1 aliphatic heterocycles. The fraction of sp³-hybridized carbons (Fsp3) is 0.348. The van der Waals surface area contributed by atoms with E-state index in [1.54, 1.807) is 41.3 Å². The van der Waals surface area contributed by atoms with Crippen molar-refractivity contribution in [1.29, 1.82) is 0 Å². The number of rotatable bonds is 6. The van der Waals surface area contributed by atoms with Gasteiger partial charge in [-0.2, -0.15) is 0 Å². The first kappa shape index (κ1) is 22.3. The molecule has 1 aliphatic rings. The monoisotopic (exact) mass is 451 g/mol. The van der Waals surface area contributed by atoms with Crippen LogP contribution in [0, 0.1) is 0 Å². The van der Waals surface area contributed by atoms with E-state index in [0.29, 0.717) is 29.3 Å². The smallest absolute Gasteiger partial charge is 0.345 e. The van der Waals surface area contributed by atoms with Crippen LogP contribution in [-0.2, 0) is 4.74 Å². The number of esters is 1. The van der Waals surface area contributed by atoms with Gasteiger partial charge in [0.15, 0.2) is 6.33 Å². The number of nitrogens with zero attached hydrogens (tertiary/aromatic N) is 5. The second kappa shape index (κ2) is 9.68. The van der Waals surface area contributed by atoms with E-state index in [-0.39, 0.29) is 23.6 Å². The van der Waals surface area contributed by atoms with E-state index >= 15 is 0 Å². The lowest BCUT2D eigenvalue weighted by Crippen LogP contribution is -2.49. The topological polar surface area (TPSA) is 109 Å². The highest BCUT2D eigenvalue weighted by molar-refractivity contribution is 5.98. The van der Waals surface area contributed by atoms with Crippen LogP contribution in [0.5, 0.6) is 11.5 Å². The van der Waals surface area contributed by atoms with Gasteiger partial charge in [0.25, 0.3) is 5.91 Å². The molecule has 1 saturated heterocycles. The van der Waals surface area contributed by atoms with Gasteiger partial charge in [-0.1, -0.05) is 18.2 Å². The van der Waals surface area contributed by atoms with E-state index in [9.17, 15) is 9.59 Å². The lowest BCUT2D eigenvalue weighted by molar-refractivity contribution is 0.0370. The lowest BCUT2D eigenvalue weighted by atomic mass is 9.99. The van der Waals surface area contributed by atoms with Gasteiger partial charge in [-0.05, 0) is 49.2 Å². The maximum Gasteiger partial charge on any atom is 0.345 e. The van der Waals surface area contributed by atoms with Gasteiger partial charge in [-0.3, -0.25) is 4.79 Å². The number of hydrogen-bond acceptors (Lipinski definition) is 8. The van der Waals surface area contributed by atoms with Gasteiger partial charge >= 0.3 is 5.97 Å². The standard InChI is InChI=1S/C23H25N5O5/c1-15-11-12-16(33-20-10-6-9-19(31-2)21(20)23(30)32-3)13-27(15)22(29)17-7-4-5-8-18(17)28-25-14-24-26-28/h4-10,14-16H,11-13H2,1-3H3/t15-,16-/m1/s1. The van der Waals surface area contributed by atoms with E-state index in [1.807, 2.05) is 13.0 Å². The van der Waals surface area contributed by atoms with E-state index in [1.165, 1.54) is 25.3 Å². The molecule has 2 heterocycles. The maximum atomic E-state index is 13.5. The number of benzene rings is 2. The van der Waals surface area contributed by atoms with Gasteiger partial charge in [0.2, 0.25) is 0 Å². The Bertz CT molecular complexity index is 1130. The summed E-state index contributed by atoms with van der Waals surface area (Å²) in [5, 5.41) is 11.7. The fourth-order valence-corrected chi connectivity index (χ4v) is 3.98. The van der Waals surface area contributed by atoms with Crippen LogP contribution in [0.1, 0.15) is 40.5 Å². The Balaban J connectivity index is 1.58. The van der Waals surface area contributed by atoms with Crippen LogP contribution >= 0.6 is 0 Å². The summed E-state index contributed by atoms with van der Waals surface area (Å²) >= 11 is 0. The minimum Gasteiger partial charge on any atom is -0.496 e. The molecule has 33 heavy (non-hydrogen) atoms. The number of piperidine rings is 1. The molecule has 0 spiro atoms. The normalized spacial score (nSPS) is 18.0. The molecule has 10 nitrogen and oxygen atoms in total. The molecule has 0 N–H and O–H groups in total. The SMILES string of the molecule is COC(=O)c1c(OC)cccc1O[C@@H]1CC[C@@H](C)N(C(=O)c2ccccc2-n2ncnn2)C1. The molecule has 0 bridgehead atoms. The number of likely N-dealkylation sites (tertiary alicyclic amines) is 1. The quantitative estimate of drug-likeness (QED) is 0.526. The molecule has 1 aromatic heterocycles. The number of aromatic nitrogens is 4. The molecule has 3 aromatic rings. The number of carbonyl (C=O) groups excluding carboxylic acids is 2. The molecular weight excluding hydrogens is 426 g/mol.